The number of aryl methyl sites for hydroxylation is 1. The first-order valence-electron chi connectivity index (χ1n) is 7.49. The lowest BCUT2D eigenvalue weighted by Crippen LogP contribution is -2.30. The van der Waals surface area contributed by atoms with E-state index in [1.165, 1.54) is 18.2 Å². The Balaban J connectivity index is 2.38. The molecule has 0 bridgehead atoms. The molecular formula is C17H18F2N2O3S. The van der Waals surface area contributed by atoms with Gasteiger partial charge in [0.15, 0.2) is 0 Å². The maximum Gasteiger partial charge on any atom is 0.262 e. The summed E-state index contributed by atoms with van der Waals surface area (Å²) in [6.45, 7) is 5.25. The molecule has 2 N–H and O–H groups in total. The van der Waals surface area contributed by atoms with Gasteiger partial charge in [-0.3, -0.25) is 9.52 Å². The third-order valence-corrected chi connectivity index (χ3v) is 4.72. The Morgan fingerprint density at radius 2 is 1.76 bits per heavy atom. The molecule has 2 aromatic rings. The van der Waals surface area contributed by atoms with Crippen LogP contribution in [0.1, 0.15) is 29.8 Å². The minimum absolute atomic E-state index is 0.112. The van der Waals surface area contributed by atoms with Gasteiger partial charge in [-0.2, -0.15) is 0 Å². The Kier molecular flexibility index (Phi) is 5.42. The van der Waals surface area contributed by atoms with Crippen LogP contribution in [0.25, 0.3) is 0 Å². The fourth-order valence-electron chi connectivity index (χ4n) is 2.13. The number of carbonyl (C=O) groups is 1. The lowest BCUT2D eigenvalue weighted by atomic mass is 10.1. The number of hydrogen-bond acceptors (Lipinski definition) is 3. The van der Waals surface area contributed by atoms with Crippen LogP contribution in [-0.4, -0.2) is 20.4 Å². The molecule has 2 aromatic carbocycles. The van der Waals surface area contributed by atoms with Crippen LogP contribution in [-0.2, 0) is 10.0 Å². The van der Waals surface area contributed by atoms with Crippen LogP contribution in [0.15, 0.2) is 41.3 Å². The molecule has 0 radical (unpaired) electrons. The summed E-state index contributed by atoms with van der Waals surface area (Å²) >= 11 is 0. The Labute approximate surface area is 145 Å². The van der Waals surface area contributed by atoms with Crippen molar-refractivity contribution in [3.63, 3.8) is 0 Å². The second-order valence-corrected chi connectivity index (χ2v) is 7.52. The molecule has 134 valence electrons. The summed E-state index contributed by atoms with van der Waals surface area (Å²) in [4.78, 5) is 12.0. The Morgan fingerprint density at radius 3 is 2.36 bits per heavy atom. The van der Waals surface area contributed by atoms with Gasteiger partial charge in [0.2, 0.25) is 0 Å². The van der Waals surface area contributed by atoms with E-state index in [4.69, 9.17) is 0 Å². The third kappa shape index (κ3) is 4.54. The molecule has 0 spiro atoms. The number of halogens is 2. The van der Waals surface area contributed by atoms with Gasteiger partial charge in [0.1, 0.15) is 11.6 Å². The van der Waals surface area contributed by atoms with Crippen LogP contribution >= 0.6 is 0 Å². The van der Waals surface area contributed by atoms with E-state index in [0.717, 1.165) is 12.1 Å². The largest absolute Gasteiger partial charge is 0.350 e. The van der Waals surface area contributed by atoms with E-state index in [0.29, 0.717) is 11.6 Å². The van der Waals surface area contributed by atoms with Crippen molar-refractivity contribution in [3.05, 3.63) is 59.2 Å². The minimum Gasteiger partial charge on any atom is -0.350 e. The molecule has 0 aliphatic carbocycles. The highest BCUT2D eigenvalue weighted by Crippen LogP contribution is 2.22. The highest BCUT2D eigenvalue weighted by Gasteiger charge is 2.20. The van der Waals surface area contributed by atoms with Gasteiger partial charge in [0.05, 0.1) is 10.6 Å². The molecule has 0 unspecified atom stereocenters. The lowest BCUT2D eigenvalue weighted by Gasteiger charge is -2.13. The lowest BCUT2D eigenvalue weighted by molar-refractivity contribution is 0.0942. The average Bonchev–Trinajstić information content (AvgIpc) is 2.49. The summed E-state index contributed by atoms with van der Waals surface area (Å²) in [5.74, 6) is -2.26. The molecule has 2 rings (SSSR count). The van der Waals surface area contributed by atoms with E-state index in [1.807, 2.05) is 0 Å². The molecule has 25 heavy (non-hydrogen) atoms. The van der Waals surface area contributed by atoms with Gasteiger partial charge < -0.3 is 5.32 Å². The second kappa shape index (κ2) is 7.18. The molecule has 5 nitrogen and oxygen atoms in total. The van der Waals surface area contributed by atoms with Crippen molar-refractivity contribution in [2.75, 3.05) is 4.72 Å². The Morgan fingerprint density at radius 1 is 1.08 bits per heavy atom. The second-order valence-electron chi connectivity index (χ2n) is 5.83. The van der Waals surface area contributed by atoms with E-state index < -0.39 is 27.6 Å². The molecule has 0 heterocycles. The predicted molar refractivity (Wildman–Crippen MR) is 90.9 cm³/mol. The molecule has 0 saturated carbocycles. The number of hydrogen-bond donors (Lipinski definition) is 2. The van der Waals surface area contributed by atoms with Gasteiger partial charge in [0, 0.05) is 17.7 Å². The monoisotopic (exact) mass is 368 g/mol. The summed E-state index contributed by atoms with van der Waals surface area (Å²) in [5.41, 5.74) is 0.427. The van der Waals surface area contributed by atoms with Gasteiger partial charge >= 0.3 is 0 Å². The zero-order chi connectivity index (χ0) is 18.8. The van der Waals surface area contributed by atoms with E-state index >= 15 is 0 Å². The summed E-state index contributed by atoms with van der Waals surface area (Å²) < 4.78 is 53.6. The van der Waals surface area contributed by atoms with Crippen LogP contribution < -0.4 is 10.0 Å². The summed E-state index contributed by atoms with van der Waals surface area (Å²) in [6, 6.07) is 6.42. The first kappa shape index (κ1) is 18.9. The number of anilines is 1. The highest BCUT2D eigenvalue weighted by molar-refractivity contribution is 7.92. The molecule has 1 amide bonds. The number of nitrogens with one attached hydrogen (secondary N) is 2. The van der Waals surface area contributed by atoms with Crippen molar-refractivity contribution in [2.24, 2.45) is 0 Å². The van der Waals surface area contributed by atoms with Crippen LogP contribution in [0.3, 0.4) is 0 Å². The standard InChI is InChI=1S/C17H18F2N2O3S/c1-10(2)20-17(22)14-9-13(6-4-11(14)3)25(23,24)21-16-7-5-12(18)8-15(16)19/h4-10,21H,1-3H3,(H,20,22). The zero-order valence-electron chi connectivity index (χ0n) is 13.9. The summed E-state index contributed by atoms with van der Waals surface area (Å²) in [6.07, 6.45) is 0. The fourth-order valence-corrected chi connectivity index (χ4v) is 3.22. The fraction of sp³-hybridized carbons (Fsp3) is 0.235. The van der Waals surface area contributed by atoms with E-state index in [-0.39, 0.29) is 22.2 Å². The molecule has 0 saturated heterocycles. The van der Waals surface area contributed by atoms with Gasteiger partial charge in [0.25, 0.3) is 15.9 Å². The van der Waals surface area contributed by atoms with Gasteiger partial charge in [-0.1, -0.05) is 6.07 Å². The number of rotatable bonds is 5. The smallest absolute Gasteiger partial charge is 0.262 e. The van der Waals surface area contributed by atoms with Crippen LogP contribution in [0.2, 0.25) is 0 Å². The van der Waals surface area contributed by atoms with Crippen molar-refractivity contribution in [1.29, 1.82) is 0 Å². The Hall–Kier alpha value is -2.48. The minimum atomic E-state index is -4.14. The predicted octanol–water partition coefficient (Wildman–Crippen LogP) is 3.21. The summed E-state index contributed by atoms with van der Waals surface area (Å²) in [5, 5.41) is 2.69. The first-order valence-corrected chi connectivity index (χ1v) is 8.98. The quantitative estimate of drug-likeness (QED) is 0.851. The van der Waals surface area contributed by atoms with E-state index in [2.05, 4.69) is 10.0 Å². The molecular weight excluding hydrogens is 350 g/mol. The van der Waals surface area contributed by atoms with Crippen molar-refractivity contribution in [3.8, 4) is 0 Å². The number of sulfonamides is 1. The maximum absolute atomic E-state index is 13.7. The number of carbonyl (C=O) groups excluding carboxylic acids is 1. The number of benzene rings is 2. The molecule has 8 heteroatoms. The molecule has 0 aliphatic rings. The first-order chi connectivity index (χ1) is 11.6. The van der Waals surface area contributed by atoms with Crippen LogP contribution in [0.4, 0.5) is 14.5 Å². The van der Waals surface area contributed by atoms with Crippen LogP contribution in [0.5, 0.6) is 0 Å². The van der Waals surface area contributed by atoms with Crippen LogP contribution in [0, 0.1) is 18.6 Å². The van der Waals surface area contributed by atoms with E-state index in [9.17, 15) is 22.0 Å². The zero-order valence-corrected chi connectivity index (χ0v) is 14.7. The highest BCUT2D eigenvalue weighted by atomic mass is 32.2. The van der Waals surface area contributed by atoms with Crippen molar-refractivity contribution < 1.29 is 22.0 Å². The van der Waals surface area contributed by atoms with Gasteiger partial charge in [-0.15, -0.1) is 0 Å². The SMILES string of the molecule is Cc1ccc(S(=O)(=O)Nc2ccc(F)cc2F)cc1C(=O)NC(C)C. The topological polar surface area (TPSA) is 75.3 Å². The molecule has 0 fully saturated rings. The number of amides is 1. The van der Waals surface area contributed by atoms with E-state index in [1.54, 1.807) is 20.8 Å². The molecule has 0 aromatic heterocycles. The average molecular weight is 368 g/mol. The Bertz CT molecular complexity index is 912. The normalized spacial score (nSPS) is 11.4. The van der Waals surface area contributed by atoms with Gasteiger partial charge in [-0.25, -0.2) is 17.2 Å². The third-order valence-electron chi connectivity index (χ3n) is 3.36. The molecule has 0 atom stereocenters. The van der Waals surface area contributed by atoms with Crippen molar-refractivity contribution in [1.82, 2.24) is 5.32 Å². The van der Waals surface area contributed by atoms with Crippen molar-refractivity contribution >= 4 is 21.6 Å². The summed E-state index contributed by atoms with van der Waals surface area (Å²) in [7, 11) is -4.14. The van der Waals surface area contributed by atoms with Gasteiger partial charge in [-0.05, 0) is 50.6 Å². The molecule has 0 aliphatic heterocycles. The maximum atomic E-state index is 13.7. The van der Waals surface area contributed by atoms with Crippen molar-refractivity contribution in [2.45, 2.75) is 31.7 Å².